The molecule has 0 saturated heterocycles. The first kappa shape index (κ1) is 17.6. The van der Waals surface area contributed by atoms with Gasteiger partial charge in [-0.3, -0.25) is 14.9 Å². The van der Waals surface area contributed by atoms with Gasteiger partial charge in [-0.05, 0) is 44.2 Å². The van der Waals surface area contributed by atoms with E-state index in [1.807, 2.05) is 0 Å². The highest BCUT2D eigenvalue weighted by molar-refractivity contribution is 5.96. The van der Waals surface area contributed by atoms with Crippen LogP contribution in [0.5, 0.6) is 0 Å². The Balaban J connectivity index is 1.97. The lowest BCUT2D eigenvalue weighted by Crippen LogP contribution is -2.39. The highest BCUT2D eigenvalue weighted by Crippen LogP contribution is 2.17. The molecule has 0 fully saturated rings. The van der Waals surface area contributed by atoms with E-state index in [1.54, 1.807) is 44.2 Å². The maximum atomic E-state index is 13.8. The number of primary amides is 1. The quantitative estimate of drug-likeness (QED) is 0.761. The molecule has 0 bridgehead atoms. The number of halogens is 1. The maximum absolute atomic E-state index is 13.8. The van der Waals surface area contributed by atoms with Gasteiger partial charge in [0.1, 0.15) is 5.82 Å². The summed E-state index contributed by atoms with van der Waals surface area (Å²) in [4.78, 5) is 23.2. The van der Waals surface area contributed by atoms with E-state index in [0.29, 0.717) is 16.8 Å². The minimum absolute atomic E-state index is 0.259. The summed E-state index contributed by atoms with van der Waals surface area (Å²) >= 11 is 0. The number of hydrogen-bond acceptors (Lipinski definition) is 3. The number of benzene rings is 2. The third-order valence-corrected chi connectivity index (χ3v) is 3.70. The highest BCUT2D eigenvalue weighted by Gasteiger charge is 2.18. The van der Waals surface area contributed by atoms with E-state index in [1.165, 1.54) is 18.2 Å². The number of nitrogens with one attached hydrogen (secondary N) is 2. The summed E-state index contributed by atoms with van der Waals surface area (Å²) in [6.45, 7) is 3.49. The topological polar surface area (TPSA) is 84.2 Å². The minimum atomic E-state index is -0.532. The summed E-state index contributed by atoms with van der Waals surface area (Å²) in [7, 11) is 0. The second-order valence-corrected chi connectivity index (χ2v) is 5.56. The normalized spacial score (nSPS) is 13.1. The lowest BCUT2D eigenvalue weighted by atomic mass is 10.1. The molecule has 0 spiro atoms. The van der Waals surface area contributed by atoms with E-state index >= 15 is 0 Å². The first-order chi connectivity index (χ1) is 11.4. The van der Waals surface area contributed by atoms with Crippen LogP contribution in [0.25, 0.3) is 0 Å². The van der Waals surface area contributed by atoms with Gasteiger partial charge in [0.15, 0.2) is 0 Å². The van der Waals surface area contributed by atoms with Crippen LogP contribution in [0.1, 0.15) is 35.8 Å². The van der Waals surface area contributed by atoms with Gasteiger partial charge in [0.05, 0.1) is 6.04 Å². The Labute approximate surface area is 140 Å². The average molecular weight is 329 g/mol. The Kier molecular flexibility index (Phi) is 5.65. The minimum Gasteiger partial charge on any atom is -0.366 e. The molecule has 2 amide bonds. The lowest BCUT2D eigenvalue weighted by molar-refractivity contribution is -0.117. The second kappa shape index (κ2) is 7.70. The van der Waals surface area contributed by atoms with Crippen molar-refractivity contribution in [2.75, 3.05) is 5.32 Å². The number of hydrogen-bond donors (Lipinski definition) is 3. The SMILES string of the molecule is CC(NC(C)c1ccccc1F)C(=O)Nc1ccc(C(N)=O)cc1. The zero-order chi connectivity index (χ0) is 17.7. The third kappa shape index (κ3) is 4.39. The third-order valence-electron chi connectivity index (χ3n) is 3.70. The Morgan fingerprint density at radius 3 is 2.25 bits per heavy atom. The highest BCUT2D eigenvalue weighted by atomic mass is 19.1. The Hall–Kier alpha value is -2.73. The largest absolute Gasteiger partial charge is 0.366 e. The van der Waals surface area contributed by atoms with E-state index < -0.39 is 11.9 Å². The molecule has 0 aliphatic rings. The summed E-state index contributed by atoms with van der Waals surface area (Å²) in [5.41, 5.74) is 6.59. The van der Waals surface area contributed by atoms with Gasteiger partial charge in [-0.1, -0.05) is 18.2 Å². The summed E-state index contributed by atoms with van der Waals surface area (Å²) in [5.74, 6) is -1.10. The van der Waals surface area contributed by atoms with Crippen molar-refractivity contribution in [3.8, 4) is 0 Å². The summed E-state index contributed by atoms with van der Waals surface area (Å²) in [5, 5.41) is 5.79. The van der Waals surface area contributed by atoms with Crippen LogP contribution in [-0.2, 0) is 4.79 Å². The number of amides is 2. The van der Waals surface area contributed by atoms with Crippen molar-refractivity contribution in [3.05, 3.63) is 65.5 Å². The predicted octanol–water partition coefficient (Wildman–Crippen LogP) is 2.60. The van der Waals surface area contributed by atoms with E-state index in [4.69, 9.17) is 5.73 Å². The van der Waals surface area contributed by atoms with E-state index in [0.717, 1.165) is 0 Å². The molecule has 2 aromatic carbocycles. The monoisotopic (exact) mass is 329 g/mol. The van der Waals surface area contributed by atoms with Crippen molar-refractivity contribution in [1.29, 1.82) is 0 Å². The van der Waals surface area contributed by atoms with Gasteiger partial charge in [-0.25, -0.2) is 4.39 Å². The van der Waals surface area contributed by atoms with E-state index in [2.05, 4.69) is 10.6 Å². The number of anilines is 1. The van der Waals surface area contributed by atoms with Crippen LogP contribution in [0.3, 0.4) is 0 Å². The van der Waals surface area contributed by atoms with Crippen molar-refractivity contribution in [3.63, 3.8) is 0 Å². The molecule has 126 valence electrons. The first-order valence-electron chi connectivity index (χ1n) is 7.59. The van der Waals surface area contributed by atoms with Crippen LogP contribution in [0.15, 0.2) is 48.5 Å². The van der Waals surface area contributed by atoms with Crippen LogP contribution in [0, 0.1) is 5.82 Å². The molecule has 2 atom stereocenters. The Bertz CT molecular complexity index is 731. The smallest absolute Gasteiger partial charge is 0.248 e. The molecule has 5 nitrogen and oxygen atoms in total. The standard InChI is InChI=1S/C18H20FN3O2/c1-11(15-5-3-4-6-16(15)19)21-12(2)18(24)22-14-9-7-13(8-10-14)17(20)23/h3-12,21H,1-2H3,(H2,20,23)(H,22,24). The molecule has 24 heavy (non-hydrogen) atoms. The number of carbonyl (C=O) groups is 2. The fourth-order valence-corrected chi connectivity index (χ4v) is 2.34. The zero-order valence-electron chi connectivity index (χ0n) is 13.5. The lowest BCUT2D eigenvalue weighted by Gasteiger charge is -2.20. The van der Waals surface area contributed by atoms with E-state index in [9.17, 15) is 14.0 Å². The van der Waals surface area contributed by atoms with Crippen LogP contribution in [0.4, 0.5) is 10.1 Å². The number of nitrogens with two attached hydrogens (primary N) is 1. The van der Waals surface area contributed by atoms with Gasteiger partial charge >= 0.3 is 0 Å². The Morgan fingerprint density at radius 2 is 1.67 bits per heavy atom. The summed E-state index contributed by atoms with van der Waals surface area (Å²) in [6.07, 6.45) is 0. The molecular weight excluding hydrogens is 309 g/mol. The molecule has 2 rings (SSSR count). The molecule has 0 heterocycles. The molecule has 0 saturated carbocycles. The predicted molar refractivity (Wildman–Crippen MR) is 91.0 cm³/mol. The van der Waals surface area contributed by atoms with Gasteiger partial charge in [0, 0.05) is 22.9 Å². The molecule has 0 aliphatic heterocycles. The van der Waals surface area contributed by atoms with Gasteiger partial charge in [-0.2, -0.15) is 0 Å². The maximum Gasteiger partial charge on any atom is 0.248 e. The van der Waals surface area contributed by atoms with Gasteiger partial charge in [0.25, 0.3) is 0 Å². The van der Waals surface area contributed by atoms with Crippen molar-refractivity contribution < 1.29 is 14.0 Å². The number of carbonyl (C=O) groups excluding carboxylic acids is 2. The fraction of sp³-hybridized carbons (Fsp3) is 0.222. The molecule has 0 aromatic heterocycles. The summed E-state index contributed by atoms with van der Waals surface area (Å²) in [6, 6.07) is 11.9. The number of rotatable bonds is 6. The van der Waals surface area contributed by atoms with Crippen LogP contribution >= 0.6 is 0 Å². The molecule has 4 N–H and O–H groups in total. The van der Waals surface area contributed by atoms with Gasteiger partial charge < -0.3 is 11.1 Å². The fourth-order valence-electron chi connectivity index (χ4n) is 2.34. The Morgan fingerprint density at radius 1 is 1.04 bits per heavy atom. The van der Waals surface area contributed by atoms with Crippen LogP contribution < -0.4 is 16.4 Å². The molecule has 0 radical (unpaired) electrons. The molecule has 0 aliphatic carbocycles. The van der Waals surface area contributed by atoms with Gasteiger partial charge in [-0.15, -0.1) is 0 Å². The molecular formula is C18H20FN3O2. The van der Waals surface area contributed by atoms with Crippen molar-refractivity contribution >= 4 is 17.5 Å². The molecule has 6 heteroatoms. The van der Waals surface area contributed by atoms with Crippen molar-refractivity contribution in [1.82, 2.24) is 5.32 Å². The van der Waals surface area contributed by atoms with Gasteiger partial charge in [0.2, 0.25) is 11.8 Å². The molecule has 2 unspecified atom stereocenters. The van der Waals surface area contributed by atoms with Crippen molar-refractivity contribution in [2.24, 2.45) is 5.73 Å². The summed E-state index contributed by atoms with van der Waals surface area (Å²) < 4.78 is 13.8. The van der Waals surface area contributed by atoms with Crippen molar-refractivity contribution in [2.45, 2.75) is 25.9 Å². The first-order valence-corrected chi connectivity index (χ1v) is 7.59. The van der Waals surface area contributed by atoms with E-state index in [-0.39, 0.29) is 17.8 Å². The average Bonchev–Trinajstić information content (AvgIpc) is 2.55. The second-order valence-electron chi connectivity index (χ2n) is 5.56. The zero-order valence-corrected chi connectivity index (χ0v) is 13.5. The van der Waals surface area contributed by atoms with Crippen LogP contribution in [-0.4, -0.2) is 17.9 Å². The molecule has 2 aromatic rings. The van der Waals surface area contributed by atoms with Crippen LogP contribution in [0.2, 0.25) is 0 Å².